The van der Waals surface area contributed by atoms with Gasteiger partial charge in [0.25, 0.3) is 0 Å². The lowest BCUT2D eigenvalue weighted by molar-refractivity contribution is 0.285. The molecule has 1 atom stereocenters. The van der Waals surface area contributed by atoms with E-state index in [-0.39, 0.29) is 6.04 Å². The molecule has 0 aliphatic carbocycles. The van der Waals surface area contributed by atoms with Crippen molar-refractivity contribution in [3.8, 4) is 5.75 Å². The van der Waals surface area contributed by atoms with E-state index < -0.39 is 0 Å². The van der Waals surface area contributed by atoms with Crippen molar-refractivity contribution in [2.24, 2.45) is 0 Å². The van der Waals surface area contributed by atoms with E-state index in [0.717, 1.165) is 22.8 Å². The van der Waals surface area contributed by atoms with Crippen LogP contribution in [0.2, 0.25) is 0 Å². The van der Waals surface area contributed by atoms with Gasteiger partial charge in [-0.25, -0.2) is 0 Å². The van der Waals surface area contributed by atoms with Crippen LogP contribution in [-0.2, 0) is 5.75 Å². The van der Waals surface area contributed by atoms with Crippen LogP contribution in [0.25, 0.3) is 0 Å². The molecule has 0 amide bonds. The molecule has 2 N–H and O–H groups in total. The van der Waals surface area contributed by atoms with Crippen LogP contribution in [0.5, 0.6) is 5.75 Å². The number of benzene rings is 3. The molecule has 0 spiro atoms. The Morgan fingerprint density at radius 2 is 1.66 bits per heavy atom. The molecule has 0 heterocycles. The molecule has 0 aliphatic heterocycles. The van der Waals surface area contributed by atoms with Crippen LogP contribution < -0.4 is 15.4 Å². The van der Waals surface area contributed by atoms with Gasteiger partial charge >= 0.3 is 0 Å². The van der Waals surface area contributed by atoms with Crippen LogP contribution >= 0.6 is 24.0 Å². The normalized spacial score (nSPS) is 11.5. The minimum absolute atomic E-state index is 0.0937. The number of rotatable bonds is 8. The molecule has 3 rings (SSSR count). The number of thiocarbonyl (C=S) groups is 1. The SMILES string of the molecule is Cc1ccccc1OC[C@@H](C)NC(=S)Nc1ccc(CSc2ccccc2)cc1. The summed E-state index contributed by atoms with van der Waals surface area (Å²) in [5.74, 6) is 1.85. The smallest absolute Gasteiger partial charge is 0.171 e. The van der Waals surface area contributed by atoms with Crippen LogP contribution in [0, 0.1) is 6.92 Å². The summed E-state index contributed by atoms with van der Waals surface area (Å²) in [6, 6.07) is 26.9. The Labute approximate surface area is 182 Å². The predicted molar refractivity (Wildman–Crippen MR) is 128 cm³/mol. The third-order valence-corrected chi connectivity index (χ3v) is 5.62. The zero-order valence-electron chi connectivity index (χ0n) is 16.7. The maximum Gasteiger partial charge on any atom is 0.171 e. The standard InChI is InChI=1S/C24H26N2OS2/c1-18-8-6-7-11-23(18)27-16-19(2)25-24(28)26-21-14-12-20(13-15-21)17-29-22-9-4-3-5-10-22/h3-15,19H,16-17H2,1-2H3,(H2,25,26,28)/t19-/m1/s1. The number of hydrogen-bond acceptors (Lipinski definition) is 3. The van der Waals surface area contributed by atoms with Gasteiger partial charge in [0.05, 0.1) is 6.04 Å². The fourth-order valence-corrected chi connectivity index (χ4v) is 3.93. The highest BCUT2D eigenvalue weighted by Gasteiger charge is 2.07. The zero-order valence-corrected chi connectivity index (χ0v) is 18.4. The predicted octanol–water partition coefficient (Wildman–Crippen LogP) is 6.04. The molecular weight excluding hydrogens is 396 g/mol. The number of anilines is 1. The Bertz CT molecular complexity index is 914. The second kappa shape index (κ2) is 10.9. The Kier molecular flexibility index (Phi) is 7.96. The number of para-hydroxylation sites is 1. The number of nitrogens with one attached hydrogen (secondary N) is 2. The van der Waals surface area contributed by atoms with Gasteiger partial charge in [0.1, 0.15) is 12.4 Å². The molecule has 3 aromatic rings. The van der Waals surface area contributed by atoms with E-state index in [1.54, 1.807) is 0 Å². The molecule has 0 aromatic heterocycles. The summed E-state index contributed by atoms with van der Waals surface area (Å²) >= 11 is 7.27. The molecular formula is C24H26N2OS2. The number of aryl methyl sites for hydroxylation is 1. The van der Waals surface area contributed by atoms with Crippen molar-refractivity contribution in [3.63, 3.8) is 0 Å². The fourth-order valence-electron chi connectivity index (χ4n) is 2.73. The summed E-state index contributed by atoms with van der Waals surface area (Å²) in [4.78, 5) is 1.28. The van der Waals surface area contributed by atoms with Crippen molar-refractivity contribution in [1.29, 1.82) is 0 Å². The molecule has 0 bridgehead atoms. The molecule has 0 aliphatic rings. The maximum absolute atomic E-state index is 5.88. The van der Waals surface area contributed by atoms with E-state index in [1.807, 2.05) is 49.0 Å². The average Bonchev–Trinajstić information content (AvgIpc) is 2.73. The quantitative estimate of drug-likeness (QED) is 0.342. The van der Waals surface area contributed by atoms with E-state index in [0.29, 0.717) is 11.7 Å². The molecule has 0 fully saturated rings. The first-order chi connectivity index (χ1) is 14.1. The summed E-state index contributed by atoms with van der Waals surface area (Å²) in [5.41, 5.74) is 3.39. The van der Waals surface area contributed by atoms with E-state index in [9.17, 15) is 0 Å². The van der Waals surface area contributed by atoms with E-state index in [2.05, 4.69) is 66.1 Å². The summed E-state index contributed by atoms with van der Waals surface area (Å²) < 4.78 is 5.88. The van der Waals surface area contributed by atoms with Crippen LogP contribution in [-0.4, -0.2) is 17.8 Å². The highest BCUT2D eigenvalue weighted by Crippen LogP contribution is 2.23. The molecule has 3 nitrogen and oxygen atoms in total. The van der Waals surface area contributed by atoms with Crippen LogP contribution in [0.3, 0.4) is 0 Å². The highest BCUT2D eigenvalue weighted by molar-refractivity contribution is 7.98. The Hall–Kier alpha value is -2.50. The van der Waals surface area contributed by atoms with Gasteiger partial charge in [-0.05, 0) is 67.5 Å². The first kappa shape index (κ1) is 21.2. The van der Waals surface area contributed by atoms with Crippen molar-refractivity contribution < 1.29 is 4.74 Å². The van der Waals surface area contributed by atoms with Crippen molar-refractivity contribution >= 4 is 34.8 Å². The van der Waals surface area contributed by atoms with Crippen LogP contribution in [0.1, 0.15) is 18.1 Å². The molecule has 5 heteroatoms. The van der Waals surface area contributed by atoms with Gasteiger partial charge in [-0.15, -0.1) is 11.8 Å². The van der Waals surface area contributed by atoms with Gasteiger partial charge in [0.15, 0.2) is 5.11 Å². The van der Waals surface area contributed by atoms with Gasteiger partial charge in [-0.3, -0.25) is 0 Å². The van der Waals surface area contributed by atoms with Gasteiger partial charge in [0, 0.05) is 16.3 Å². The van der Waals surface area contributed by atoms with Crippen molar-refractivity contribution in [3.05, 3.63) is 90.0 Å². The lowest BCUT2D eigenvalue weighted by Crippen LogP contribution is -2.39. The summed E-state index contributed by atoms with van der Waals surface area (Å²) in [5, 5.41) is 7.11. The zero-order chi connectivity index (χ0) is 20.5. The van der Waals surface area contributed by atoms with Crippen molar-refractivity contribution in [2.45, 2.75) is 30.5 Å². The minimum atomic E-state index is 0.0937. The van der Waals surface area contributed by atoms with Gasteiger partial charge in [0.2, 0.25) is 0 Å². The van der Waals surface area contributed by atoms with Crippen LogP contribution in [0.15, 0.2) is 83.8 Å². The Morgan fingerprint density at radius 1 is 0.966 bits per heavy atom. The molecule has 150 valence electrons. The van der Waals surface area contributed by atoms with Gasteiger partial charge in [-0.2, -0.15) is 0 Å². The highest BCUT2D eigenvalue weighted by atomic mass is 32.2. The average molecular weight is 423 g/mol. The van der Waals surface area contributed by atoms with Crippen molar-refractivity contribution in [1.82, 2.24) is 5.32 Å². The lowest BCUT2D eigenvalue weighted by Gasteiger charge is -2.18. The monoisotopic (exact) mass is 422 g/mol. The summed E-state index contributed by atoms with van der Waals surface area (Å²) in [6.07, 6.45) is 0. The van der Waals surface area contributed by atoms with Gasteiger partial charge in [-0.1, -0.05) is 48.5 Å². The van der Waals surface area contributed by atoms with E-state index in [4.69, 9.17) is 17.0 Å². The third-order valence-electron chi connectivity index (χ3n) is 4.32. The first-order valence-corrected chi connectivity index (χ1v) is 11.0. The summed E-state index contributed by atoms with van der Waals surface area (Å²) in [6.45, 7) is 4.64. The second-order valence-electron chi connectivity index (χ2n) is 6.87. The first-order valence-electron chi connectivity index (χ1n) is 9.63. The topological polar surface area (TPSA) is 33.3 Å². The minimum Gasteiger partial charge on any atom is -0.491 e. The Morgan fingerprint density at radius 3 is 2.38 bits per heavy atom. The molecule has 0 saturated heterocycles. The lowest BCUT2D eigenvalue weighted by atomic mass is 10.2. The maximum atomic E-state index is 5.88. The number of thioether (sulfide) groups is 1. The van der Waals surface area contributed by atoms with E-state index >= 15 is 0 Å². The van der Waals surface area contributed by atoms with Gasteiger partial charge < -0.3 is 15.4 Å². The van der Waals surface area contributed by atoms with Crippen LogP contribution in [0.4, 0.5) is 5.69 Å². The fraction of sp³-hybridized carbons (Fsp3) is 0.208. The molecule has 0 unspecified atom stereocenters. The van der Waals surface area contributed by atoms with E-state index in [1.165, 1.54) is 10.5 Å². The molecule has 0 radical (unpaired) electrons. The summed E-state index contributed by atoms with van der Waals surface area (Å²) in [7, 11) is 0. The molecule has 0 saturated carbocycles. The molecule has 29 heavy (non-hydrogen) atoms. The largest absolute Gasteiger partial charge is 0.491 e. The second-order valence-corrected chi connectivity index (χ2v) is 8.33. The third kappa shape index (κ3) is 7.11. The number of hydrogen-bond donors (Lipinski definition) is 2. The molecule has 3 aromatic carbocycles. The van der Waals surface area contributed by atoms with Crippen molar-refractivity contribution in [2.75, 3.05) is 11.9 Å². The Balaban J connectivity index is 1.42. The number of ether oxygens (including phenoxy) is 1.